The van der Waals surface area contributed by atoms with Gasteiger partial charge in [0.2, 0.25) is 17.4 Å². The fourth-order valence-corrected chi connectivity index (χ4v) is 9.91. The third kappa shape index (κ3) is 7.42. The molecule has 0 bridgehead atoms. The van der Waals surface area contributed by atoms with E-state index in [1.54, 1.807) is 35.5 Å². The predicted octanol–water partition coefficient (Wildman–Crippen LogP) is 10.5. The molecule has 6 aromatic carbocycles. The second-order valence-electron chi connectivity index (χ2n) is 16.6. The highest BCUT2D eigenvalue weighted by molar-refractivity contribution is 5.79. The molecular weight excluding hydrogens is 835 g/mol. The summed E-state index contributed by atoms with van der Waals surface area (Å²) in [6.07, 6.45) is 2.94. The molecule has 0 radical (unpaired) electrons. The van der Waals surface area contributed by atoms with Gasteiger partial charge < -0.3 is 57.3 Å². The van der Waals surface area contributed by atoms with Crippen molar-refractivity contribution < 1.29 is 42.6 Å². The number of nitrogens with zero attached hydrogens (tertiary/aromatic N) is 3. The van der Waals surface area contributed by atoms with Gasteiger partial charge >= 0.3 is 0 Å². The van der Waals surface area contributed by atoms with Gasteiger partial charge in [0.05, 0.1) is 64.8 Å². The average molecular weight is 894 g/mol. The minimum atomic E-state index is -0.924. The molecule has 11 rings (SSSR count). The smallest absolute Gasteiger partial charge is 0.226 e. The van der Waals surface area contributed by atoms with E-state index < -0.39 is 17.4 Å². The van der Waals surface area contributed by atoms with Crippen LogP contribution in [0.1, 0.15) is 52.6 Å². The molecule has 2 fully saturated rings. The second kappa shape index (κ2) is 18.6. The lowest BCUT2D eigenvalue weighted by Gasteiger charge is -2.45. The Hall–Kier alpha value is -6.12. The van der Waals surface area contributed by atoms with Gasteiger partial charge in [-0.25, -0.2) is 0 Å². The fraction of sp³-hybridized carbons (Fsp3) is 0.333. The van der Waals surface area contributed by atoms with Crippen molar-refractivity contribution in [3.8, 4) is 17.2 Å². The van der Waals surface area contributed by atoms with Crippen LogP contribution in [0.3, 0.4) is 0 Å². The first-order chi connectivity index (χ1) is 32.2. The number of rotatable bonds is 5. The van der Waals surface area contributed by atoms with Crippen molar-refractivity contribution >= 4 is 34.1 Å². The van der Waals surface area contributed by atoms with Crippen LogP contribution < -0.4 is 28.9 Å². The van der Waals surface area contributed by atoms with Gasteiger partial charge in [-0.15, -0.1) is 0 Å². The Morgan fingerprint density at radius 1 is 0.364 bits per heavy atom. The molecule has 2 spiro atoms. The molecule has 0 amide bonds. The zero-order valence-electron chi connectivity index (χ0n) is 39.1. The number of anilines is 6. The minimum Gasteiger partial charge on any atom is -0.497 e. The highest BCUT2D eigenvalue weighted by Crippen LogP contribution is 2.54. The zero-order chi connectivity index (χ0) is 46.1. The molecule has 0 aliphatic carbocycles. The lowest BCUT2D eigenvalue weighted by Crippen LogP contribution is -2.43. The fourth-order valence-electron chi connectivity index (χ4n) is 9.91. The van der Waals surface area contributed by atoms with Gasteiger partial charge in [0.15, 0.2) is 0 Å². The lowest BCUT2D eigenvalue weighted by molar-refractivity contribution is -0.249. The van der Waals surface area contributed by atoms with Crippen LogP contribution in [0.4, 0.5) is 34.1 Å². The Kier molecular flexibility index (Phi) is 12.7. The van der Waals surface area contributed by atoms with Crippen LogP contribution in [-0.2, 0) is 45.8 Å². The van der Waals surface area contributed by atoms with Crippen molar-refractivity contribution in [1.82, 2.24) is 0 Å². The molecule has 5 aliphatic rings. The monoisotopic (exact) mass is 893 g/mol. The first kappa shape index (κ1) is 45.1. The molecule has 2 saturated heterocycles. The van der Waals surface area contributed by atoms with Crippen molar-refractivity contribution in [2.24, 2.45) is 0 Å². The van der Waals surface area contributed by atoms with Crippen molar-refractivity contribution in [3.05, 3.63) is 161 Å². The van der Waals surface area contributed by atoms with E-state index in [9.17, 15) is 0 Å². The first-order valence-corrected chi connectivity index (χ1v) is 22.4. The van der Waals surface area contributed by atoms with E-state index in [1.807, 2.05) is 92.0 Å². The minimum absolute atomic E-state index is 0.689. The van der Waals surface area contributed by atoms with Crippen LogP contribution in [0.25, 0.3) is 0 Å². The summed E-state index contributed by atoms with van der Waals surface area (Å²) in [6.45, 7) is 2.76. The molecule has 0 aromatic heterocycles. The van der Waals surface area contributed by atoms with Gasteiger partial charge in [-0.05, 0) is 92.1 Å². The molecular formula is C54H59N3O9. The van der Waals surface area contributed by atoms with Crippen LogP contribution in [-0.4, -0.2) is 83.1 Å². The van der Waals surface area contributed by atoms with Crippen LogP contribution in [0.2, 0.25) is 0 Å². The molecule has 12 heteroatoms. The molecule has 0 saturated carbocycles. The van der Waals surface area contributed by atoms with Crippen molar-refractivity contribution in [2.75, 3.05) is 97.8 Å². The third-order valence-electron chi connectivity index (χ3n) is 13.2. The SMILES string of the molecule is COc1ccc2c(c1)C(OC)(OC)c1ccccc1N2C.COc1ccc2c(c1)C1(OCCCCO1)c1ccccc1N2C.COc1ccc2c(c1)C1(OCCCO1)c1ccccc1N2C. The van der Waals surface area contributed by atoms with E-state index in [1.165, 1.54) is 0 Å². The van der Waals surface area contributed by atoms with Crippen LogP contribution in [0.15, 0.2) is 127 Å². The number of fused-ring (bicyclic) bond motifs is 10. The summed E-state index contributed by atoms with van der Waals surface area (Å²) in [7, 11) is 14.5. The van der Waals surface area contributed by atoms with Crippen molar-refractivity contribution in [2.45, 2.75) is 36.6 Å². The summed E-state index contributed by atoms with van der Waals surface area (Å²) in [4.78, 5) is 6.50. The van der Waals surface area contributed by atoms with E-state index in [0.29, 0.717) is 26.4 Å². The molecule has 0 N–H and O–H groups in total. The number of hydrogen-bond donors (Lipinski definition) is 0. The molecule has 0 atom stereocenters. The zero-order valence-corrected chi connectivity index (χ0v) is 39.1. The summed E-state index contributed by atoms with van der Waals surface area (Å²) in [5, 5.41) is 0. The number of para-hydroxylation sites is 3. The molecule has 6 aromatic rings. The number of hydrogen-bond acceptors (Lipinski definition) is 12. The Bertz CT molecular complexity index is 2670. The molecule has 12 nitrogen and oxygen atoms in total. The standard InChI is InChI=1S/C19H21NO3.C18H19NO3.C17H19NO3/c1-20-17-8-4-3-7-15(17)19(22-11-5-6-12-23-19)16-13-14(21-2)9-10-18(16)20;1-19-16-7-4-3-6-14(16)18(21-10-5-11-22-18)15-12-13(20-2)8-9-17(15)19;1-18-15-8-6-5-7-13(15)17(20-3,21-4)14-11-12(19-2)9-10-16(14)18/h3-4,7-10,13H,5-6,11-12H2,1-2H3;3-4,6-9,12H,5,10-11H2,1-2H3;5-11H,1-4H3. The highest BCUT2D eigenvalue weighted by atomic mass is 16.7. The topological polar surface area (TPSA) is 92.8 Å². The normalized spacial score (nSPS) is 17.7. The summed E-state index contributed by atoms with van der Waals surface area (Å²) in [5.41, 5.74) is 12.6. The maximum Gasteiger partial charge on any atom is 0.226 e. The second-order valence-corrected chi connectivity index (χ2v) is 16.6. The number of benzene rings is 6. The Balaban J connectivity index is 0.000000125. The van der Waals surface area contributed by atoms with Gasteiger partial charge in [-0.3, -0.25) is 0 Å². The number of methoxy groups -OCH3 is 5. The third-order valence-corrected chi connectivity index (χ3v) is 13.2. The van der Waals surface area contributed by atoms with E-state index in [2.05, 4.69) is 71.3 Å². The number of ether oxygens (including phenoxy) is 9. The maximum atomic E-state index is 6.33. The first-order valence-electron chi connectivity index (χ1n) is 22.4. The summed E-state index contributed by atoms with van der Waals surface area (Å²) in [6, 6.07) is 42.7. The van der Waals surface area contributed by atoms with Crippen molar-refractivity contribution in [3.63, 3.8) is 0 Å². The van der Waals surface area contributed by atoms with Gasteiger partial charge in [0, 0.05) is 85.8 Å². The quantitative estimate of drug-likeness (QED) is 0.154. The summed E-state index contributed by atoms with van der Waals surface area (Å²) >= 11 is 0. The van der Waals surface area contributed by atoms with Gasteiger partial charge in [-0.2, -0.15) is 0 Å². The Morgan fingerprint density at radius 3 is 1.08 bits per heavy atom. The molecule has 5 aliphatic heterocycles. The van der Waals surface area contributed by atoms with Crippen LogP contribution >= 0.6 is 0 Å². The maximum absolute atomic E-state index is 6.33. The molecule has 5 heterocycles. The van der Waals surface area contributed by atoms with Gasteiger partial charge in [0.25, 0.3) is 0 Å². The van der Waals surface area contributed by atoms with Crippen molar-refractivity contribution in [1.29, 1.82) is 0 Å². The van der Waals surface area contributed by atoms with E-state index in [4.69, 9.17) is 42.6 Å². The van der Waals surface area contributed by atoms with E-state index in [-0.39, 0.29) is 0 Å². The van der Waals surface area contributed by atoms with Crippen LogP contribution in [0, 0.1) is 0 Å². The van der Waals surface area contributed by atoms with E-state index in [0.717, 1.165) is 104 Å². The van der Waals surface area contributed by atoms with Crippen LogP contribution in [0.5, 0.6) is 17.2 Å². The Labute approximate surface area is 388 Å². The van der Waals surface area contributed by atoms with Gasteiger partial charge in [-0.1, -0.05) is 54.6 Å². The largest absolute Gasteiger partial charge is 0.497 e. The lowest BCUT2D eigenvalue weighted by atomic mass is 9.88. The average Bonchev–Trinajstić information content (AvgIpc) is 3.65. The molecule has 344 valence electrons. The predicted molar refractivity (Wildman–Crippen MR) is 257 cm³/mol. The van der Waals surface area contributed by atoms with E-state index >= 15 is 0 Å². The highest BCUT2D eigenvalue weighted by Gasteiger charge is 2.48. The summed E-state index contributed by atoms with van der Waals surface area (Å²) in [5.74, 6) is -0.196. The molecule has 66 heavy (non-hydrogen) atoms. The van der Waals surface area contributed by atoms with Gasteiger partial charge in [0.1, 0.15) is 17.2 Å². The molecule has 0 unspecified atom stereocenters. The summed E-state index contributed by atoms with van der Waals surface area (Å²) < 4.78 is 52.9. The Morgan fingerprint density at radius 2 is 0.682 bits per heavy atom.